The summed E-state index contributed by atoms with van der Waals surface area (Å²) in [5, 5.41) is 0.734. The topological polar surface area (TPSA) is 69.9 Å². The Morgan fingerprint density at radius 1 is 1.21 bits per heavy atom. The van der Waals surface area contributed by atoms with Gasteiger partial charge in [0.1, 0.15) is 5.75 Å². The lowest BCUT2D eigenvalue weighted by atomic mass is 9.96. The normalized spacial score (nSPS) is 15.7. The zero-order valence-electron chi connectivity index (χ0n) is 18.3. The van der Waals surface area contributed by atoms with Gasteiger partial charge in [0.25, 0.3) is 5.56 Å². The molecule has 1 aromatic heterocycles. The molecule has 1 aliphatic rings. The molecule has 8 heteroatoms. The second-order valence-corrected chi connectivity index (χ2v) is 9.12. The smallest absolute Gasteiger partial charge is 0.338 e. The first-order valence-corrected chi connectivity index (χ1v) is 12.5. The third-order valence-corrected chi connectivity index (χ3v) is 6.44. The summed E-state index contributed by atoms with van der Waals surface area (Å²) in [6, 6.07) is 16.5. The van der Waals surface area contributed by atoms with E-state index in [1.807, 2.05) is 60.7 Å². The molecule has 0 amide bonds. The minimum Gasteiger partial charge on any atom is -0.493 e. The lowest BCUT2D eigenvalue weighted by Gasteiger charge is -2.24. The van der Waals surface area contributed by atoms with Crippen LogP contribution in [0.2, 0.25) is 0 Å². The molecule has 0 saturated heterocycles. The summed E-state index contributed by atoms with van der Waals surface area (Å²) in [5.74, 6) is 0.275. The third kappa shape index (κ3) is 4.86. The van der Waals surface area contributed by atoms with E-state index in [1.54, 1.807) is 18.4 Å². The fourth-order valence-corrected chi connectivity index (χ4v) is 4.95. The highest BCUT2D eigenvalue weighted by molar-refractivity contribution is 9.09. The molecule has 1 aliphatic heterocycles. The number of esters is 1. The van der Waals surface area contributed by atoms with Crippen LogP contribution in [0.1, 0.15) is 31.0 Å². The zero-order valence-corrected chi connectivity index (χ0v) is 20.7. The van der Waals surface area contributed by atoms with Gasteiger partial charge in [0, 0.05) is 5.33 Å². The molecule has 2 aromatic carbocycles. The molecule has 0 unspecified atom stereocenters. The maximum atomic E-state index is 13.6. The largest absolute Gasteiger partial charge is 0.493 e. The molecule has 3 aromatic rings. The van der Waals surface area contributed by atoms with Crippen molar-refractivity contribution in [3.63, 3.8) is 0 Å². The summed E-state index contributed by atoms with van der Waals surface area (Å²) in [6.07, 6.45) is 1.83. The van der Waals surface area contributed by atoms with Crippen molar-refractivity contribution in [2.24, 2.45) is 4.99 Å². The van der Waals surface area contributed by atoms with Crippen LogP contribution in [-0.2, 0) is 9.53 Å². The van der Waals surface area contributed by atoms with Crippen molar-refractivity contribution in [3.8, 4) is 5.75 Å². The molecule has 170 valence electrons. The molecule has 6 nitrogen and oxygen atoms in total. The molecule has 33 heavy (non-hydrogen) atoms. The van der Waals surface area contributed by atoms with Crippen LogP contribution in [0.5, 0.6) is 5.75 Å². The van der Waals surface area contributed by atoms with E-state index in [9.17, 15) is 9.59 Å². The average molecular weight is 527 g/mol. The van der Waals surface area contributed by atoms with Crippen molar-refractivity contribution >= 4 is 39.3 Å². The Bertz CT molecular complexity index is 1380. The van der Waals surface area contributed by atoms with Gasteiger partial charge in [-0.15, -0.1) is 0 Å². The van der Waals surface area contributed by atoms with Gasteiger partial charge < -0.3 is 9.47 Å². The van der Waals surface area contributed by atoms with Gasteiger partial charge in [-0.2, -0.15) is 0 Å². The quantitative estimate of drug-likeness (QED) is 0.348. The summed E-state index contributed by atoms with van der Waals surface area (Å²) in [5.41, 5.74) is 2.42. The number of thiazole rings is 1. The number of carbonyl (C=O) groups excluding carboxylic acids is 1. The Morgan fingerprint density at radius 3 is 2.73 bits per heavy atom. The maximum Gasteiger partial charge on any atom is 0.338 e. The van der Waals surface area contributed by atoms with Crippen molar-refractivity contribution in [1.82, 2.24) is 4.57 Å². The van der Waals surface area contributed by atoms with E-state index in [0.717, 1.165) is 22.2 Å². The number of carbonyl (C=O) groups is 1. The van der Waals surface area contributed by atoms with E-state index in [0.29, 0.717) is 27.2 Å². The lowest BCUT2D eigenvalue weighted by Crippen LogP contribution is -2.39. The molecule has 2 heterocycles. The number of hydrogen-bond donors (Lipinski definition) is 0. The Morgan fingerprint density at radius 2 is 2.00 bits per heavy atom. The summed E-state index contributed by atoms with van der Waals surface area (Å²) < 4.78 is 13.1. The number of aromatic nitrogens is 1. The lowest BCUT2D eigenvalue weighted by molar-refractivity contribution is -0.139. The standard InChI is InChI=1S/C25H23BrN2O4S/c1-3-31-24(30)21-16(2)27-25-28(22(21)18-9-5-4-6-10-18)23(29)20(33-25)15-17-8-7-11-19(14-17)32-13-12-26/h4-11,14-15,22H,3,12-13H2,1-2H3/b20-15-/t22-/m1/s1. The number of ether oxygens (including phenoxy) is 2. The van der Waals surface area contributed by atoms with Crippen LogP contribution in [-0.4, -0.2) is 29.1 Å². The highest BCUT2D eigenvalue weighted by atomic mass is 79.9. The van der Waals surface area contributed by atoms with Gasteiger partial charge in [0.15, 0.2) is 4.80 Å². The fraction of sp³-hybridized carbons (Fsp3) is 0.240. The van der Waals surface area contributed by atoms with Gasteiger partial charge in [-0.1, -0.05) is 69.7 Å². The van der Waals surface area contributed by atoms with E-state index >= 15 is 0 Å². The van der Waals surface area contributed by atoms with Crippen LogP contribution >= 0.6 is 27.3 Å². The highest BCUT2D eigenvalue weighted by Gasteiger charge is 2.33. The van der Waals surface area contributed by atoms with E-state index in [1.165, 1.54) is 11.3 Å². The van der Waals surface area contributed by atoms with Crippen molar-refractivity contribution in [2.45, 2.75) is 19.9 Å². The fourth-order valence-electron chi connectivity index (χ4n) is 3.74. The summed E-state index contributed by atoms with van der Waals surface area (Å²) in [7, 11) is 0. The molecule has 1 atom stereocenters. The first kappa shape index (κ1) is 23.2. The highest BCUT2D eigenvalue weighted by Crippen LogP contribution is 2.30. The summed E-state index contributed by atoms with van der Waals surface area (Å²) >= 11 is 4.66. The number of halogens is 1. The van der Waals surface area contributed by atoms with Crippen LogP contribution in [0.3, 0.4) is 0 Å². The average Bonchev–Trinajstić information content (AvgIpc) is 3.12. The first-order valence-electron chi connectivity index (χ1n) is 10.6. The zero-order chi connectivity index (χ0) is 23.4. The predicted molar refractivity (Wildman–Crippen MR) is 133 cm³/mol. The predicted octanol–water partition coefficient (Wildman–Crippen LogP) is 3.57. The minimum absolute atomic E-state index is 0.200. The molecule has 4 rings (SSSR count). The van der Waals surface area contributed by atoms with Gasteiger partial charge >= 0.3 is 5.97 Å². The molecule has 0 radical (unpaired) electrons. The van der Waals surface area contributed by atoms with Gasteiger partial charge in [0.05, 0.1) is 35.1 Å². The van der Waals surface area contributed by atoms with E-state index in [-0.39, 0.29) is 12.2 Å². The van der Waals surface area contributed by atoms with E-state index in [4.69, 9.17) is 9.47 Å². The number of benzene rings is 2. The van der Waals surface area contributed by atoms with Crippen molar-refractivity contribution in [3.05, 3.63) is 96.7 Å². The maximum absolute atomic E-state index is 13.6. The SMILES string of the molecule is CCOC(=O)C1=C(C)N=c2s/c(=C\c3cccc(OCCBr)c3)c(=O)n2[C@@H]1c1ccccc1. The Kier molecular flexibility index (Phi) is 7.25. The van der Waals surface area contributed by atoms with Crippen LogP contribution in [0, 0.1) is 0 Å². The molecule has 0 spiro atoms. The van der Waals surface area contributed by atoms with Gasteiger partial charge in [-0.05, 0) is 43.2 Å². The van der Waals surface area contributed by atoms with Crippen molar-refractivity contribution in [1.29, 1.82) is 0 Å². The first-order chi connectivity index (χ1) is 16.0. The van der Waals surface area contributed by atoms with Gasteiger partial charge in [-0.3, -0.25) is 9.36 Å². The Labute approximate surface area is 203 Å². The molecular weight excluding hydrogens is 504 g/mol. The second-order valence-electron chi connectivity index (χ2n) is 7.32. The molecule has 0 bridgehead atoms. The third-order valence-electron chi connectivity index (χ3n) is 5.13. The Balaban J connectivity index is 1.87. The van der Waals surface area contributed by atoms with Gasteiger partial charge in [-0.25, -0.2) is 9.79 Å². The van der Waals surface area contributed by atoms with Crippen LogP contribution in [0.15, 0.2) is 75.7 Å². The molecule has 0 saturated carbocycles. The second kappa shape index (κ2) is 10.3. The van der Waals surface area contributed by atoms with E-state index in [2.05, 4.69) is 20.9 Å². The van der Waals surface area contributed by atoms with Crippen LogP contribution in [0.25, 0.3) is 6.08 Å². The number of hydrogen-bond acceptors (Lipinski definition) is 6. The molecule has 0 aliphatic carbocycles. The summed E-state index contributed by atoms with van der Waals surface area (Å²) in [4.78, 5) is 31.6. The number of rotatable bonds is 7. The van der Waals surface area contributed by atoms with Crippen molar-refractivity contribution < 1.29 is 14.3 Å². The van der Waals surface area contributed by atoms with E-state index < -0.39 is 12.0 Å². The molecule has 0 N–H and O–H groups in total. The van der Waals surface area contributed by atoms with Crippen LogP contribution < -0.4 is 19.6 Å². The Hall–Kier alpha value is -2.97. The molecule has 0 fully saturated rings. The number of fused-ring (bicyclic) bond motifs is 1. The number of nitrogens with zero attached hydrogens (tertiary/aromatic N) is 2. The van der Waals surface area contributed by atoms with Gasteiger partial charge in [0.2, 0.25) is 0 Å². The van der Waals surface area contributed by atoms with Crippen molar-refractivity contribution in [2.75, 3.05) is 18.5 Å². The number of alkyl halides is 1. The molecular formula is C25H23BrN2O4S. The monoisotopic (exact) mass is 526 g/mol. The summed E-state index contributed by atoms with van der Waals surface area (Å²) in [6.45, 7) is 4.34. The number of allylic oxidation sites excluding steroid dienone is 1. The minimum atomic E-state index is -0.600. The van der Waals surface area contributed by atoms with Crippen LogP contribution in [0.4, 0.5) is 0 Å².